The molecule has 0 saturated carbocycles. The molecule has 5 heteroatoms. The van der Waals surface area contributed by atoms with Gasteiger partial charge in [0.25, 0.3) is 0 Å². The number of hydrogen-bond acceptors (Lipinski definition) is 4. The van der Waals surface area contributed by atoms with Crippen LogP contribution in [0.1, 0.15) is 40.8 Å². The maximum absolute atomic E-state index is 4.94. The van der Waals surface area contributed by atoms with Gasteiger partial charge in [-0.1, -0.05) is 6.07 Å². The van der Waals surface area contributed by atoms with Gasteiger partial charge in [-0.15, -0.1) is 11.3 Å². The zero-order valence-electron chi connectivity index (χ0n) is 14.1. The first-order chi connectivity index (χ1) is 11.7. The first-order valence-electron chi connectivity index (χ1n) is 8.46. The standard InChI is InChI=1S/C19H22N4S/c1-14-8-12-24-18(14)13-22-10-4-6-17(22)16-5-3-7-19(21-16)23-11-9-20-15(23)2/h3,5,7-9,11-12,17H,4,6,10,13H2,1-2H3. The fourth-order valence-electron chi connectivity index (χ4n) is 3.48. The first kappa shape index (κ1) is 15.5. The number of rotatable bonds is 4. The van der Waals surface area contributed by atoms with Gasteiger partial charge >= 0.3 is 0 Å². The van der Waals surface area contributed by atoms with Gasteiger partial charge in [-0.05, 0) is 62.4 Å². The Balaban J connectivity index is 1.61. The summed E-state index contributed by atoms with van der Waals surface area (Å²) in [5.74, 6) is 1.93. The van der Waals surface area contributed by atoms with E-state index in [2.05, 4.69) is 46.5 Å². The Bertz CT molecular complexity index is 835. The molecule has 0 aromatic carbocycles. The van der Waals surface area contributed by atoms with Crippen molar-refractivity contribution in [1.29, 1.82) is 0 Å². The quantitative estimate of drug-likeness (QED) is 0.712. The van der Waals surface area contributed by atoms with Crippen molar-refractivity contribution in [3.63, 3.8) is 0 Å². The number of nitrogens with zero attached hydrogens (tertiary/aromatic N) is 4. The van der Waals surface area contributed by atoms with Gasteiger partial charge in [0.2, 0.25) is 0 Å². The normalized spacial score (nSPS) is 18.3. The Morgan fingerprint density at radius 2 is 2.17 bits per heavy atom. The van der Waals surface area contributed by atoms with Crippen LogP contribution in [-0.2, 0) is 6.54 Å². The number of thiophene rings is 1. The van der Waals surface area contributed by atoms with Gasteiger partial charge in [-0.3, -0.25) is 9.47 Å². The van der Waals surface area contributed by atoms with Gasteiger partial charge in [-0.25, -0.2) is 9.97 Å². The second kappa shape index (κ2) is 6.49. The highest BCUT2D eigenvalue weighted by Crippen LogP contribution is 2.33. The van der Waals surface area contributed by atoms with Crippen molar-refractivity contribution in [2.45, 2.75) is 39.3 Å². The number of aromatic nitrogens is 3. The monoisotopic (exact) mass is 338 g/mol. The van der Waals surface area contributed by atoms with E-state index in [1.165, 1.54) is 29.0 Å². The van der Waals surface area contributed by atoms with E-state index < -0.39 is 0 Å². The second-order valence-electron chi connectivity index (χ2n) is 6.42. The summed E-state index contributed by atoms with van der Waals surface area (Å²) in [6.07, 6.45) is 6.23. The van der Waals surface area contributed by atoms with Crippen LogP contribution in [0.25, 0.3) is 5.82 Å². The van der Waals surface area contributed by atoms with Crippen LogP contribution in [0.2, 0.25) is 0 Å². The maximum Gasteiger partial charge on any atom is 0.138 e. The third-order valence-corrected chi connectivity index (χ3v) is 5.86. The lowest BCUT2D eigenvalue weighted by Gasteiger charge is -2.24. The molecule has 0 spiro atoms. The summed E-state index contributed by atoms with van der Waals surface area (Å²) in [4.78, 5) is 13.3. The highest BCUT2D eigenvalue weighted by molar-refractivity contribution is 7.10. The van der Waals surface area contributed by atoms with Gasteiger partial charge in [-0.2, -0.15) is 0 Å². The topological polar surface area (TPSA) is 34.0 Å². The number of aryl methyl sites for hydroxylation is 2. The lowest BCUT2D eigenvalue weighted by Crippen LogP contribution is -2.23. The largest absolute Gasteiger partial charge is 0.290 e. The fourth-order valence-corrected chi connectivity index (χ4v) is 4.41. The molecule has 24 heavy (non-hydrogen) atoms. The number of imidazole rings is 1. The van der Waals surface area contributed by atoms with E-state index in [0.717, 1.165) is 24.7 Å². The molecule has 3 aromatic rings. The summed E-state index contributed by atoms with van der Waals surface area (Å²) in [6.45, 7) is 6.40. The van der Waals surface area contributed by atoms with Crippen molar-refractivity contribution in [2.75, 3.05) is 6.54 Å². The van der Waals surface area contributed by atoms with Gasteiger partial charge in [0.1, 0.15) is 11.6 Å². The Morgan fingerprint density at radius 1 is 1.25 bits per heavy atom. The minimum Gasteiger partial charge on any atom is -0.290 e. The van der Waals surface area contributed by atoms with E-state index in [0.29, 0.717) is 6.04 Å². The molecule has 124 valence electrons. The smallest absolute Gasteiger partial charge is 0.138 e. The Morgan fingerprint density at radius 3 is 2.92 bits per heavy atom. The molecule has 0 bridgehead atoms. The molecule has 1 fully saturated rings. The summed E-state index contributed by atoms with van der Waals surface area (Å²) in [5.41, 5.74) is 2.58. The molecule has 0 N–H and O–H groups in total. The van der Waals surface area contributed by atoms with Crippen LogP contribution < -0.4 is 0 Å². The van der Waals surface area contributed by atoms with Crippen LogP contribution >= 0.6 is 11.3 Å². The van der Waals surface area contributed by atoms with E-state index in [9.17, 15) is 0 Å². The molecule has 1 aliphatic heterocycles. The van der Waals surface area contributed by atoms with E-state index in [4.69, 9.17) is 4.98 Å². The van der Waals surface area contributed by atoms with Crippen molar-refractivity contribution in [3.05, 3.63) is 64.0 Å². The molecule has 0 radical (unpaired) electrons. The summed E-state index contributed by atoms with van der Waals surface area (Å²) >= 11 is 1.86. The summed E-state index contributed by atoms with van der Waals surface area (Å²) in [7, 11) is 0. The predicted molar refractivity (Wildman–Crippen MR) is 97.5 cm³/mol. The summed E-state index contributed by atoms with van der Waals surface area (Å²) in [5, 5.41) is 2.19. The van der Waals surface area contributed by atoms with Crippen LogP contribution in [0.5, 0.6) is 0 Å². The molecule has 1 atom stereocenters. The molecule has 1 aliphatic rings. The highest BCUT2D eigenvalue weighted by atomic mass is 32.1. The van der Waals surface area contributed by atoms with E-state index in [1.807, 2.05) is 35.2 Å². The van der Waals surface area contributed by atoms with Gasteiger partial charge in [0.05, 0.1) is 11.7 Å². The Hall–Kier alpha value is -1.98. The molecule has 0 aliphatic carbocycles. The first-order valence-corrected chi connectivity index (χ1v) is 9.34. The van der Waals surface area contributed by atoms with Gasteiger partial charge < -0.3 is 0 Å². The van der Waals surface area contributed by atoms with E-state index in [1.54, 1.807) is 0 Å². The molecular formula is C19H22N4S. The van der Waals surface area contributed by atoms with Crippen LogP contribution in [0.15, 0.2) is 42.0 Å². The second-order valence-corrected chi connectivity index (χ2v) is 7.42. The number of pyridine rings is 1. The molecule has 0 amide bonds. The molecule has 3 aromatic heterocycles. The van der Waals surface area contributed by atoms with Crippen molar-refractivity contribution in [2.24, 2.45) is 0 Å². The molecule has 1 saturated heterocycles. The number of hydrogen-bond donors (Lipinski definition) is 0. The lowest BCUT2D eigenvalue weighted by molar-refractivity contribution is 0.246. The maximum atomic E-state index is 4.94. The van der Waals surface area contributed by atoms with Crippen molar-refractivity contribution in [3.8, 4) is 5.82 Å². The zero-order chi connectivity index (χ0) is 16.5. The van der Waals surface area contributed by atoms with Crippen LogP contribution in [0.4, 0.5) is 0 Å². The van der Waals surface area contributed by atoms with Crippen molar-refractivity contribution in [1.82, 2.24) is 19.4 Å². The molecule has 4 rings (SSSR count). The average molecular weight is 338 g/mol. The van der Waals surface area contributed by atoms with Crippen LogP contribution in [-0.4, -0.2) is 26.0 Å². The van der Waals surface area contributed by atoms with E-state index in [-0.39, 0.29) is 0 Å². The molecule has 1 unspecified atom stereocenters. The number of likely N-dealkylation sites (tertiary alicyclic amines) is 1. The third-order valence-electron chi connectivity index (χ3n) is 4.85. The predicted octanol–water partition coefficient (Wildman–Crippen LogP) is 4.28. The minimum atomic E-state index is 0.412. The SMILES string of the molecule is Cc1ccsc1CN1CCCC1c1cccc(-n2ccnc2C)n1. The van der Waals surface area contributed by atoms with Crippen molar-refractivity contribution < 1.29 is 0 Å². The van der Waals surface area contributed by atoms with Gasteiger partial charge in [0, 0.05) is 23.8 Å². The minimum absolute atomic E-state index is 0.412. The van der Waals surface area contributed by atoms with Gasteiger partial charge in [0.15, 0.2) is 0 Å². The third kappa shape index (κ3) is 2.89. The summed E-state index contributed by atoms with van der Waals surface area (Å²) in [6, 6.07) is 8.96. The van der Waals surface area contributed by atoms with E-state index >= 15 is 0 Å². The zero-order valence-corrected chi connectivity index (χ0v) is 15.0. The highest BCUT2D eigenvalue weighted by Gasteiger charge is 2.27. The summed E-state index contributed by atoms with van der Waals surface area (Å²) < 4.78 is 2.05. The molecular weight excluding hydrogens is 316 g/mol. The van der Waals surface area contributed by atoms with Crippen molar-refractivity contribution >= 4 is 11.3 Å². The molecule has 4 nitrogen and oxygen atoms in total. The molecule has 4 heterocycles. The Kier molecular flexibility index (Phi) is 4.21. The lowest BCUT2D eigenvalue weighted by atomic mass is 10.1. The fraction of sp³-hybridized carbons (Fsp3) is 0.368. The average Bonchev–Trinajstić information content (AvgIpc) is 3.31. The Labute approximate surface area is 146 Å². The van der Waals surface area contributed by atoms with Crippen LogP contribution in [0.3, 0.4) is 0 Å². The van der Waals surface area contributed by atoms with Crippen LogP contribution in [0, 0.1) is 13.8 Å².